The lowest BCUT2D eigenvalue weighted by Crippen LogP contribution is -2.42. The number of imidazole rings is 1. The summed E-state index contributed by atoms with van der Waals surface area (Å²) in [6, 6.07) is 6.58. The quantitative estimate of drug-likeness (QED) is 0.942. The number of amides is 1. The van der Waals surface area contributed by atoms with E-state index < -0.39 is 0 Å². The highest BCUT2D eigenvalue weighted by atomic mass is 19.1. The molecule has 6 heteroatoms. The summed E-state index contributed by atoms with van der Waals surface area (Å²) >= 11 is 0. The van der Waals surface area contributed by atoms with Crippen molar-refractivity contribution < 1.29 is 13.9 Å². The number of H-pyrrole nitrogens is 1. The Hall–Kier alpha value is -2.21. The van der Waals surface area contributed by atoms with Crippen molar-refractivity contribution in [3.05, 3.63) is 53.4 Å². The monoisotopic (exact) mass is 317 g/mol. The first-order valence-electron chi connectivity index (χ1n) is 7.78. The van der Waals surface area contributed by atoms with Crippen molar-refractivity contribution >= 4 is 5.91 Å². The molecule has 3 rings (SSSR count). The van der Waals surface area contributed by atoms with Gasteiger partial charge < -0.3 is 14.6 Å². The molecule has 0 bridgehead atoms. The lowest BCUT2D eigenvalue weighted by atomic mass is 10.1. The average molecular weight is 317 g/mol. The predicted octanol–water partition coefficient (Wildman–Crippen LogP) is 2.39. The van der Waals surface area contributed by atoms with Gasteiger partial charge in [0.1, 0.15) is 17.7 Å². The normalized spacial score (nSPS) is 18.2. The number of morpholine rings is 1. The maximum Gasteiger partial charge on any atom is 0.223 e. The number of carbonyl (C=O) groups excluding carboxylic acids is 1. The Bertz CT molecular complexity index is 686. The number of aromatic nitrogens is 2. The first-order valence-corrected chi connectivity index (χ1v) is 7.78. The van der Waals surface area contributed by atoms with E-state index in [0.29, 0.717) is 38.1 Å². The van der Waals surface area contributed by atoms with E-state index in [0.717, 1.165) is 11.5 Å². The average Bonchev–Trinajstić information content (AvgIpc) is 3.00. The second-order valence-corrected chi connectivity index (χ2v) is 5.74. The summed E-state index contributed by atoms with van der Waals surface area (Å²) in [7, 11) is 0. The number of carbonyl (C=O) groups is 1. The molecule has 23 heavy (non-hydrogen) atoms. The number of nitrogens with one attached hydrogen (secondary N) is 1. The summed E-state index contributed by atoms with van der Waals surface area (Å²) in [6.45, 7) is 3.45. The molecule has 1 saturated heterocycles. The number of hydrogen-bond donors (Lipinski definition) is 1. The fourth-order valence-corrected chi connectivity index (χ4v) is 2.74. The van der Waals surface area contributed by atoms with Crippen LogP contribution in [0.25, 0.3) is 0 Å². The zero-order chi connectivity index (χ0) is 16.2. The standard InChI is InChI=1S/C17H20FN3O2/c1-12-10-19-17(20-12)15-11-21(8-9-23-15)16(22)7-6-13-4-2-3-5-14(13)18/h2-5,10,15H,6-9,11H2,1H3,(H,19,20)/t15-/m0/s1. The number of rotatable bonds is 4. The van der Waals surface area contributed by atoms with Crippen molar-refractivity contribution in [1.29, 1.82) is 0 Å². The number of hydrogen-bond acceptors (Lipinski definition) is 3. The van der Waals surface area contributed by atoms with E-state index in [4.69, 9.17) is 4.74 Å². The van der Waals surface area contributed by atoms with E-state index in [1.807, 2.05) is 6.92 Å². The zero-order valence-electron chi connectivity index (χ0n) is 13.1. The van der Waals surface area contributed by atoms with Crippen molar-refractivity contribution in [3.8, 4) is 0 Å². The number of ether oxygens (including phenoxy) is 1. The summed E-state index contributed by atoms with van der Waals surface area (Å²) in [5.41, 5.74) is 1.54. The fourth-order valence-electron chi connectivity index (χ4n) is 2.74. The molecule has 1 atom stereocenters. The van der Waals surface area contributed by atoms with E-state index in [1.54, 1.807) is 29.3 Å². The molecule has 2 heterocycles. The predicted molar refractivity (Wildman–Crippen MR) is 83.3 cm³/mol. The van der Waals surface area contributed by atoms with Crippen molar-refractivity contribution in [1.82, 2.24) is 14.9 Å². The largest absolute Gasteiger partial charge is 0.367 e. The Kier molecular flexibility index (Phi) is 4.71. The van der Waals surface area contributed by atoms with Crippen LogP contribution in [-0.2, 0) is 16.0 Å². The zero-order valence-corrected chi connectivity index (χ0v) is 13.1. The summed E-state index contributed by atoms with van der Waals surface area (Å²) in [6.07, 6.45) is 2.23. The maximum atomic E-state index is 13.6. The summed E-state index contributed by atoms with van der Waals surface area (Å²) < 4.78 is 19.3. The van der Waals surface area contributed by atoms with Crippen LogP contribution in [0.1, 0.15) is 29.6 Å². The summed E-state index contributed by atoms with van der Waals surface area (Å²) in [5.74, 6) is 0.505. The van der Waals surface area contributed by atoms with Gasteiger partial charge in [-0.05, 0) is 25.0 Å². The van der Waals surface area contributed by atoms with Gasteiger partial charge in [-0.3, -0.25) is 4.79 Å². The van der Waals surface area contributed by atoms with Crippen LogP contribution in [0.15, 0.2) is 30.5 Å². The smallest absolute Gasteiger partial charge is 0.223 e. The second-order valence-electron chi connectivity index (χ2n) is 5.74. The maximum absolute atomic E-state index is 13.6. The summed E-state index contributed by atoms with van der Waals surface area (Å²) in [4.78, 5) is 21.6. The van der Waals surface area contributed by atoms with Crippen LogP contribution in [0.5, 0.6) is 0 Å². The van der Waals surface area contributed by atoms with Gasteiger partial charge in [0, 0.05) is 24.9 Å². The molecular formula is C17H20FN3O2. The molecule has 5 nitrogen and oxygen atoms in total. The van der Waals surface area contributed by atoms with Crippen molar-refractivity contribution in [2.45, 2.75) is 25.9 Å². The molecule has 122 valence electrons. The van der Waals surface area contributed by atoms with Crippen LogP contribution in [-0.4, -0.2) is 40.5 Å². The molecule has 2 aromatic rings. The van der Waals surface area contributed by atoms with Gasteiger partial charge in [0.05, 0.1) is 13.2 Å². The third kappa shape index (κ3) is 3.76. The number of benzene rings is 1. The van der Waals surface area contributed by atoms with Gasteiger partial charge in [-0.25, -0.2) is 9.37 Å². The fraction of sp³-hybridized carbons (Fsp3) is 0.412. The Morgan fingerprint density at radius 1 is 1.48 bits per heavy atom. The highest BCUT2D eigenvalue weighted by molar-refractivity contribution is 5.76. The third-order valence-corrected chi connectivity index (χ3v) is 4.01. The first-order chi connectivity index (χ1) is 11.1. The Balaban J connectivity index is 1.58. The molecule has 0 spiro atoms. The number of nitrogens with zero attached hydrogens (tertiary/aromatic N) is 2. The minimum absolute atomic E-state index is 0.0184. The molecule has 1 aliphatic rings. The first kappa shape index (κ1) is 15.7. The van der Waals surface area contributed by atoms with E-state index in [1.165, 1.54) is 6.07 Å². The van der Waals surface area contributed by atoms with Gasteiger partial charge in [0.15, 0.2) is 0 Å². The number of halogens is 1. The number of aromatic amines is 1. The Morgan fingerprint density at radius 2 is 2.30 bits per heavy atom. The molecular weight excluding hydrogens is 297 g/mol. The van der Waals surface area contributed by atoms with Gasteiger partial charge in [-0.2, -0.15) is 0 Å². The Labute approximate surface area is 134 Å². The van der Waals surface area contributed by atoms with Crippen molar-refractivity contribution in [2.75, 3.05) is 19.7 Å². The highest BCUT2D eigenvalue weighted by Gasteiger charge is 2.26. The molecule has 0 unspecified atom stereocenters. The number of aryl methyl sites for hydroxylation is 2. The van der Waals surface area contributed by atoms with Gasteiger partial charge in [-0.15, -0.1) is 0 Å². The van der Waals surface area contributed by atoms with Crippen LogP contribution < -0.4 is 0 Å². The second kappa shape index (κ2) is 6.91. The lowest BCUT2D eigenvalue weighted by Gasteiger charge is -2.32. The molecule has 0 radical (unpaired) electrons. The lowest BCUT2D eigenvalue weighted by molar-refractivity contribution is -0.139. The van der Waals surface area contributed by atoms with Crippen molar-refractivity contribution in [3.63, 3.8) is 0 Å². The third-order valence-electron chi connectivity index (χ3n) is 4.01. The van der Waals surface area contributed by atoms with Crippen LogP contribution in [0.3, 0.4) is 0 Å². The molecule has 1 amide bonds. The van der Waals surface area contributed by atoms with Crippen LogP contribution in [0, 0.1) is 12.7 Å². The van der Waals surface area contributed by atoms with E-state index in [-0.39, 0.29) is 17.8 Å². The molecule has 0 aliphatic carbocycles. The molecule has 1 aliphatic heterocycles. The van der Waals surface area contributed by atoms with Gasteiger partial charge >= 0.3 is 0 Å². The van der Waals surface area contributed by atoms with Gasteiger partial charge in [0.2, 0.25) is 5.91 Å². The van der Waals surface area contributed by atoms with Gasteiger partial charge in [-0.1, -0.05) is 18.2 Å². The van der Waals surface area contributed by atoms with Crippen molar-refractivity contribution in [2.24, 2.45) is 0 Å². The minimum Gasteiger partial charge on any atom is -0.367 e. The van der Waals surface area contributed by atoms with E-state index in [2.05, 4.69) is 9.97 Å². The molecule has 0 saturated carbocycles. The van der Waals surface area contributed by atoms with Gasteiger partial charge in [0.25, 0.3) is 0 Å². The minimum atomic E-state index is -0.258. The molecule has 1 aromatic heterocycles. The topological polar surface area (TPSA) is 58.2 Å². The van der Waals surface area contributed by atoms with E-state index >= 15 is 0 Å². The molecule has 1 N–H and O–H groups in total. The Morgan fingerprint density at radius 3 is 3.04 bits per heavy atom. The van der Waals surface area contributed by atoms with E-state index in [9.17, 15) is 9.18 Å². The molecule has 1 aromatic carbocycles. The van der Waals surface area contributed by atoms with Crippen LogP contribution >= 0.6 is 0 Å². The summed E-state index contributed by atoms with van der Waals surface area (Å²) in [5, 5.41) is 0. The SMILES string of the molecule is Cc1cnc([C@@H]2CN(C(=O)CCc3ccccc3F)CCO2)[nH]1. The van der Waals surface area contributed by atoms with Crippen LogP contribution in [0.4, 0.5) is 4.39 Å². The molecule has 1 fully saturated rings. The van der Waals surface area contributed by atoms with Crippen LogP contribution in [0.2, 0.25) is 0 Å². The highest BCUT2D eigenvalue weighted by Crippen LogP contribution is 2.20.